The topological polar surface area (TPSA) is 34.1 Å². The van der Waals surface area contributed by atoms with Crippen LogP contribution in [0.15, 0.2) is 34.9 Å². The first kappa shape index (κ1) is 11.0. The second-order valence-electron chi connectivity index (χ2n) is 4.20. The quantitative estimate of drug-likeness (QED) is 0.923. The molecule has 1 aromatic carbocycles. The molecule has 1 saturated heterocycles. The minimum absolute atomic E-state index is 0.382. The second-order valence-corrected chi connectivity index (χ2v) is 5.05. The number of nitrogens with zero attached hydrogens (tertiary/aromatic N) is 1. The summed E-state index contributed by atoms with van der Waals surface area (Å²) < 4.78 is 6.47. The van der Waals surface area contributed by atoms with Gasteiger partial charge in [-0.25, -0.2) is 4.98 Å². The molecule has 2 heterocycles. The van der Waals surface area contributed by atoms with Gasteiger partial charge in [0, 0.05) is 28.0 Å². The molecule has 0 saturated carbocycles. The second kappa shape index (κ2) is 4.63. The summed E-state index contributed by atoms with van der Waals surface area (Å²) in [7, 11) is 0. The van der Waals surface area contributed by atoms with Crippen LogP contribution >= 0.6 is 15.9 Å². The van der Waals surface area contributed by atoms with Gasteiger partial charge in [-0.2, -0.15) is 0 Å². The van der Waals surface area contributed by atoms with Gasteiger partial charge in [-0.05, 0) is 18.6 Å². The molecule has 3 nitrogen and oxygen atoms in total. The summed E-state index contributed by atoms with van der Waals surface area (Å²) in [6, 6.07) is 8.57. The number of halogens is 1. The average Bonchev–Trinajstić information content (AvgIpc) is 2.83. The standard InChI is InChI=1S/C13H13BrN2O/c14-12-3-1-2-11-10(12)4-6-15-13(11)16-9-5-7-17-8-9/h1-4,6,9H,5,7-8H2,(H,15,16). The van der Waals surface area contributed by atoms with Gasteiger partial charge in [-0.1, -0.05) is 28.1 Å². The van der Waals surface area contributed by atoms with Crippen LogP contribution in [0.2, 0.25) is 0 Å². The Bertz CT molecular complexity index is 538. The molecular weight excluding hydrogens is 280 g/mol. The maximum absolute atomic E-state index is 5.37. The van der Waals surface area contributed by atoms with Crippen LogP contribution in [0, 0.1) is 0 Å². The molecule has 1 unspecified atom stereocenters. The molecule has 4 heteroatoms. The Hall–Kier alpha value is -1.13. The van der Waals surface area contributed by atoms with Crippen molar-refractivity contribution in [1.82, 2.24) is 4.98 Å². The Balaban J connectivity index is 2.01. The predicted octanol–water partition coefficient (Wildman–Crippen LogP) is 3.20. The van der Waals surface area contributed by atoms with E-state index < -0.39 is 0 Å². The van der Waals surface area contributed by atoms with Gasteiger partial charge in [-0.15, -0.1) is 0 Å². The summed E-state index contributed by atoms with van der Waals surface area (Å²) in [5.41, 5.74) is 0. The molecule has 1 aromatic heterocycles. The number of hydrogen-bond donors (Lipinski definition) is 1. The molecule has 0 amide bonds. The van der Waals surface area contributed by atoms with Crippen molar-refractivity contribution in [2.75, 3.05) is 18.5 Å². The number of rotatable bonds is 2. The fourth-order valence-electron chi connectivity index (χ4n) is 2.13. The smallest absolute Gasteiger partial charge is 0.134 e. The molecule has 0 spiro atoms. The SMILES string of the molecule is Brc1cccc2c(NC3CCOC3)nccc12. The van der Waals surface area contributed by atoms with Crippen LogP contribution in [0.25, 0.3) is 10.8 Å². The Labute approximate surface area is 108 Å². The van der Waals surface area contributed by atoms with E-state index in [-0.39, 0.29) is 0 Å². The third-order valence-corrected chi connectivity index (χ3v) is 3.71. The van der Waals surface area contributed by atoms with Gasteiger partial charge in [0.2, 0.25) is 0 Å². The maximum Gasteiger partial charge on any atom is 0.134 e. The number of anilines is 1. The van der Waals surface area contributed by atoms with E-state index in [9.17, 15) is 0 Å². The lowest BCUT2D eigenvalue weighted by Gasteiger charge is -2.13. The highest BCUT2D eigenvalue weighted by Gasteiger charge is 2.16. The largest absolute Gasteiger partial charge is 0.379 e. The summed E-state index contributed by atoms with van der Waals surface area (Å²) in [5, 5.41) is 5.79. The zero-order valence-corrected chi connectivity index (χ0v) is 10.9. The van der Waals surface area contributed by atoms with Crippen molar-refractivity contribution in [2.45, 2.75) is 12.5 Å². The number of aromatic nitrogens is 1. The lowest BCUT2D eigenvalue weighted by Crippen LogP contribution is -2.19. The van der Waals surface area contributed by atoms with Gasteiger partial charge in [0.05, 0.1) is 12.6 Å². The highest BCUT2D eigenvalue weighted by Crippen LogP contribution is 2.28. The van der Waals surface area contributed by atoms with Gasteiger partial charge >= 0.3 is 0 Å². The fraction of sp³-hybridized carbons (Fsp3) is 0.308. The van der Waals surface area contributed by atoms with E-state index >= 15 is 0 Å². The summed E-state index contributed by atoms with van der Waals surface area (Å²) >= 11 is 3.56. The van der Waals surface area contributed by atoms with E-state index in [2.05, 4.69) is 32.3 Å². The monoisotopic (exact) mass is 292 g/mol. The van der Waals surface area contributed by atoms with Crippen LogP contribution in [0.1, 0.15) is 6.42 Å². The highest BCUT2D eigenvalue weighted by molar-refractivity contribution is 9.10. The van der Waals surface area contributed by atoms with Crippen LogP contribution in [0.3, 0.4) is 0 Å². The van der Waals surface area contributed by atoms with Gasteiger partial charge in [0.25, 0.3) is 0 Å². The van der Waals surface area contributed by atoms with Crippen molar-refractivity contribution in [3.05, 3.63) is 34.9 Å². The molecule has 1 aliphatic rings. The van der Waals surface area contributed by atoms with Gasteiger partial charge < -0.3 is 10.1 Å². The van der Waals surface area contributed by atoms with E-state index in [1.807, 2.05) is 24.4 Å². The molecule has 0 radical (unpaired) electrons. The first-order chi connectivity index (χ1) is 8.34. The molecule has 88 valence electrons. The summed E-state index contributed by atoms with van der Waals surface area (Å²) in [6.07, 6.45) is 2.89. The molecule has 3 rings (SSSR count). The average molecular weight is 293 g/mol. The van der Waals surface area contributed by atoms with E-state index in [4.69, 9.17) is 4.74 Å². The summed E-state index contributed by atoms with van der Waals surface area (Å²) in [5.74, 6) is 0.944. The number of fused-ring (bicyclic) bond motifs is 1. The minimum atomic E-state index is 0.382. The molecule has 1 N–H and O–H groups in total. The van der Waals surface area contributed by atoms with Crippen molar-refractivity contribution < 1.29 is 4.74 Å². The van der Waals surface area contributed by atoms with E-state index in [0.29, 0.717) is 6.04 Å². The third-order valence-electron chi connectivity index (χ3n) is 3.02. The maximum atomic E-state index is 5.37. The molecule has 2 aromatic rings. The normalized spacial score (nSPS) is 19.7. The van der Waals surface area contributed by atoms with Gasteiger partial charge in [-0.3, -0.25) is 0 Å². The van der Waals surface area contributed by atoms with Crippen molar-refractivity contribution >= 4 is 32.5 Å². The van der Waals surface area contributed by atoms with Crippen LogP contribution < -0.4 is 5.32 Å². The lowest BCUT2D eigenvalue weighted by molar-refractivity contribution is 0.195. The Morgan fingerprint density at radius 2 is 2.24 bits per heavy atom. The molecule has 0 bridgehead atoms. The lowest BCUT2D eigenvalue weighted by atomic mass is 10.1. The van der Waals surface area contributed by atoms with Crippen molar-refractivity contribution in [3.63, 3.8) is 0 Å². The number of hydrogen-bond acceptors (Lipinski definition) is 3. The predicted molar refractivity (Wildman–Crippen MR) is 72.3 cm³/mol. The minimum Gasteiger partial charge on any atom is -0.379 e. The zero-order chi connectivity index (χ0) is 11.7. The van der Waals surface area contributed by atoms with E-state index in [1.165, 1.54) is 5.39 Å². The van der Waals surface area contributed by atoms with Gasteiger partial charge in [0.1, 0.15) is 5.82 Å². The Morgan fingerprint density at radius 1 is 1.29 bits per heavy atom. The third kappa shape index (κ3) is 2.15. The van der Waals surface area contributed by atoms with Crippen molar-refractivity contribution in [3.8, 4) is 0 Å². The summed E-state index contributed by atoms with van der Waals surface area (Å²) in [4.78, 5) is 4.42. The van der Waals surface area contributed by atoms with E-state index in [1.54, 1.807) is 0 Å². The first-order valence-electron chi connectivity index (χ1n) is 5.72. The number of nitrogens with one attached hydrogen (secondary N) is 1. The molecule has 1 atom stereocenters. The van der Waals surface area contributed by atoms with Gasteiger partial charge in [0.15, 0.2) is 0 Å². The van der Waals surface area contributed by atoms with E-state index in [0.717, 1.165) is 35.3 Å². The molecular formula is C13H13BrN2O. The summed E-state index contributed by atoms with van der Waals surface area (Å²) in [6.45, 7) is 1.61. The number of pyridine rings is 1. The van der Waals surface area contributed by atoms with Crippen molar-refractivity contribution in [1.29, 1.82) is 0 Å². The van der Waals surface area contributed by atoms with Crippen LogP contribution in [0.5, 0.6) is 0 Å². The number of ether oxygens (including phenoxy) is 1. The van der Waals surface area contributed by atoms with Crippen molar-refractivity contribution in [2.24, 2.45) is 0 Å². The fourth-order valence-corrected chi connectivity index (χ4v) is 2.62. The molecule has 0 aliphatic carbocycles. The Morgan fingerprint density at radius 3 is 3.06 bits per heavy atom. The van der Waals surface area contributed by atoms with Crippen LogP contribution in [-0.4, -0.2) is 24.2 Å². The van der Waals surface area contributed by atoms with Crippen LogP contribution in [0.4, 0.5) is 5.82 Å². The first-order valence-corrected chi connectivity index (χ1v) is 6.51. The Kier molecular flexibility index (Phi) is 2.99. The molecule has 1 fully saturated rings. The highest BCUT2D eigenvalue weighted by atomic mass is 79.9. The zero-order valence-electron chi connectivity index (χ0n) is 9.32. The molecule has 1 aliphatic heterocycles. The molecule has 17 heavy (non-hydrogen) atoms. The number of benzene rings is 1. The van der Waals surface area contributed by atoms with Crippen LogP contribution in [-0.2, 0) is 4.74 Å².